The van der Waals surface area contributed by atoms with Gasteiger partial charge in [-0.15, -0.1) is 0 Å². The molecule has 0 radical (unpaired) electrons. The van der Waals surface area contributed by atoms with Crippen molar-refractivity contribution in [3.63, 3.8) is 0 Å². The molecule has 0 spiro atoms. The van der Waals surface area contributed by atoms with E-state index in [0.717, 1.165) is 19.6 Å². The van der Waals surface area contributed by atoms with Crippen LogP contribution < -0.4 is 16.2 Å². The van der Waals surface area contributed by atoms with Crippen LogP contribution in [-0.4, -0.2) is 48.6 Å². The van der Waals surface area contributed by atoms with Gasteiger partial charge < -0.3 is 9.80 Å². The molecule has 0 amide bonds. The highest BCUT2D eigenvalue weighted by Gasteiger charge is 2.22. The van der Waals surface area contributed by atoms with Gasteiger partial charge in [0.1, 0.15) is 5.02 Å². The van der Waals surface area contributed by atoms with Crippen molar-refractivity contribution in [3.05, 3.63) is 11.2 Å². The predicted molar refractivity (Wildman–Crippen MR) is 73.7 cm³/mol. The summed E-state index contributed by atoms with van der Waals surface area (Å²) < 4.78 is 0. The van der Waals surface area contributed by atoms with Crippen molar-refractivity contribution in [3.8, 4) is 0 Å². The highest BCUT2D eigenvalue weighted by molar-refractivity contribution is 6.32. The summed E-state index contributed by atoms with van der Waals surface area (Å²) >= 11 is 6.12. The first-order valence-corrected chi connectivity index (χ1v) is 6.36. The fraction of sp³-hybridized carbons (Fsp3) is 0.636. The smallest absolute Gasteiger partial charge is 0.239 e. The Morgan fingerprint density at radius 3 is 3.06 bits per heavy atom. The van der Waals surface area contributed by atoms with Gasteiger partial charge in [-0.3, -0.25) is 5.43 Å². The molecule has 0 aliphatic carbocycles. The molecule has 3 N–H and O–H groups in total. The molecular weight excluding hydrogens is 252 g/mol. The van der Waals surface area contributed by atoms with Crippen LogP contribution in [0, 0.1) is 5.92 Å². The molecule has 2 heterocycles. The van der Waals surface area contributed by atoms with Gasteiger partial charge in [0.25, 0.3) is 0 Å². The van der Waals surface area contributed by atoms with Crippen LogP contribution in [0.4, 0.5) is 11.8 Å². The largest absolute Gasteiger partial charge is 0.358 e. The molecule has 0 bridgehead atoms. The Morgan fingerprint density at radius 1 is 1.67 bits per heavy atom. The van der Waals surface area contributed by atoms with Crippen LogP contribution in [0.15, 0.2) is 6.20 Å². The topological polar surface area (TPSA) is 70.3 Å². The minimum absolute atomic E-state index is 0.379. The van der Waals surface area contributed by atoms with Gasteiger partial charge in [-0.05, 0) is 25.9 Å². The lowest BCUT2D eigenvalue weighted by molar-refractivity contribution is 0.395. The minimum atomic E-state index is 0.379. The molecule has 1 aromatic rings. The fourth-order valence-electron chi connectivity index (χ4n) is 2.34. The van der Waals surface area contributed by atoms with Crippen molar-refractivity contribution in [2.45, 2.75) is 6.42 Å². The Hall–Kier alpha value is -1.11. The number of rotatable bonds is 4. The highest BCUT2D eigenvalue weighted by atomic mass is 35.5. The van der Waals surface area contributed by atoms with E-state index in [1.165, 1.54) is 6.42 Å². The molecule has 2 rings (SSSR count). The minimum Gasteiger partial charge on any atom is -0.358 e. The second kappa shape index (κ2) is 5.69. The van der Waals surface area contributed by atoms with Gasteiger partial charge in [-0.1, -0.05) is 11.6 Å². The number of nitrogens with one attached hydrogen (secondary N) is 1. The Labute approximate surface area is 112 Å². The Morgan fingerprint density at radius 2 is 2.44 bits per heavy atom. The summed E-state index contributed by atoms with van der Waals surface area (Å²) in [5, 5.41) is 0.544. The average molecular weight is 271 g/mol. The lowest BCUT2D eigenvalue weighted by Gasteiger charge is -2.23. The van der Waals surface area contributed by atoms with Gasteiger partial charge in [0.05, 0.1) is 6.20 Å². The van der Waals surface area contributed by atoms with Crippen LogP contribution in [0.3, 0.4) is 0 Å². The highest BCUT2D eigenvalue weighted by Crippen LogP contribution is 2.25. The van der Waals surface area contributed by atoms with E-state index < -0.39 is 0 Å². The number of nitrogens with two attached hydrogens (primary N) is 1. The molecule has 1 atom stereocenters. The van der Waals surface area contributed by atoms with Gasteiger partial charge in [0.15, 0.2) is 5.82 Å². The van der Waals surface area contributed by atoms with E-state index in [9.17, 15) is 0 Å². The first kappa shape index (κ1) is 13.3. The molecule has 0 saturated carbocycles. The lowest BCUT2D eigenvalue weighted by atomic mass is 10.1. The first-order chi connectivity index (χ1) is 8.60. The normalized spacial score (nSPS) is 20.1. The van der Waals surface area contributed by atoms with Crippen LogP contribution in [0.2, 0.25) is 5.02 Å². The number of halogens is 1. The maximum Gasteiger partial charge on any atom is 0.239 e. The third kappa shape index (κ3) is 3.01. The van der Waals surface area contributed by atoms with E-state index in [1.807, 2.05) is 7.05 Å². The van der Waals surface area contributed by atoms with Gasteiger partial charge in [0.2, 0.25) is 5.95 Å². The van der Waals surface area contributed by atoms with E-state index in [4.69, 9.17) is 17.4 Å². The number of likely N-dealkylation sites (tertiary alicyclic amines) is 1. The molecule has 1 aliphatic heterocycles. The summed E-state index contributed by atoms with van der Waals surface area (Å²) in [6.07, 6.45) is 2.78. The molecule has 1 saturated heterocycles. The van der Waals surface area contributed by atoms with E-state index in [0.29, 0.717) is 22.7 Å². The number of nitrogen functional groups attached to an aromatic ring is 1. The zero-order chi connectivity index (χ0) is 13.1. The second-order valence-electron chi connectivity index (χ2n) is 4.81. The van der Waals surface area contributed by atoms with Crippen LogP contribution >= 0.6 is 11.6 Å². The molecule has 6 nitrogen and oxygen atoms in total. The van der Waals surface area contributed by atoms with E-state index in [-0.39, 0.29) is 0 Å². The summed E-state index contributed by atoms with van der Waals surface area (Å²) in [5.41, 5.74) is 2.43. The Bertz CT molecular complexity index is 413. The predicted octanol–water partition coefficient (Wildman–Crippen LogP) is 0.804. The third-order valence-corrected chi connectivity index (χ3v) is 3.50. The van der Waals surface area contributed by atoms with Gasteiger partial charge in [-0.2, -0.15) is 4.98 Å². The number of aromatic nitrogens is 2. The SMILES string of the molecule is CN1CCC(CN(C)c2nc(NN)ncc2Cl)C1. The van der Waals surface area contributed by atoms with Crippen LogP contribution in [-0.2, 0) is 0 Å². The Balaban J connectivity index is 2.05. The molecule has 100 valence electrons. The Kier molecular flexibility index (Phi) is 4.21. The monoisotopic (exact) mass is 270 g/mol. The standard InChI is InChI=1S/C11H19ClN6/c1-17-4-3-8(6-17)7-18(2)10-9(12)5-14-11(15-10)16-13/h5,8H,3-4,6-7,13H2,1-2H3,(H,14,15,16). The van der Waals surface area contributed by atoms with Crippen molar-refractivity contribution in [1.29, 1.82) is 0 Å². The maximum absolute atomic E-state index is 6.12. The molecule has 7 heteroatoms. The average Bonchev–Trinajstić information content (AvgIpc) is 2.75. The number of hydrogen-bond acceptors (Lipinski definition) is 6. The van der Waals surface area contributed by atoms with Crippen molar-refractivity contribution in [2.24, 2.45) is 11.8 Å². The van der Waals surface area contributed by atoms with Gasteiger partial charge in [0, 0.05) is 20.1 Å². The lowest BCUT2D eigenvalue weighted by Crippen LogP contribution is -2.28. The summed E-state index contributed by atoms with van der Waals surface area (Å²) in [6.45, 7) is 3.21. The van der Waals surface area contributed by atoms with Crippen molar-refractivity contribution in [1.82, 2.24) is 14.9 Å². The molecular formula is C11H19ClN6. The van der Waals surface area contributed by atoms with Gasteiger partial charge in [-0.25, -0.2) is 10.8 Å². The van der Waals surface area contributed by atoms with Gasteiger partial charge >= 0.3 is 0 Å². The first-order valence-electron chi connectivity index (χ1n) is 5.99. The quantitative estimate of drug-likeness (QED) is 0.623. The summed E-state index contributed by atoms with van der Waals surface area (Å²) in [5.74, 6) is 7.06. The number of anilines is 2. The number of hydrogen-bond donors (Lipinski definition) is 2. The van der Waals surface area contributed by atoms with E-state index >= 15 is 0 Å². The second-order valence-corrected chi connectivity index (χ2v) is 5.21. The van der Waals surface area contributed by atoms with Crippen molar-refractivity contribution in [2.75, 3.05) is 44.1 Å². The molecule has 1 aliphatic rings. The molecule has 0 aromatic carbocycles. The zero-order valence-electron chi connectivity index (χ0n) is 10.7. The molecule has 1 fully saturated rings. The zero-order valence-corrected chi connectivity index (χ0v) is 11.5. The van der Waals surface area contributed by atoms with E-state index in [2.05, 4.69) is 32.2 Å². The number of hydrazine groups is 1. The van der Waals surface area contributed by atoms with Crippen LogP contribution in [0.5, 0.6) is 0 Å². The van der Waals surface area contributed by atoms with Crippen LogP contribution in [0.25, 0.3) is 0 Å². The summed E-state index contributed by atoms with van der Waals surface area (Å²) in [6, 6.07) is 0. The fourth-order valence-corrected chi connectivity index (χ4v) is 2.58. The maximum atomic E-state index is 6.12. The number of nitrogens with zero attached hydrogens (tertiary/aromatic N) is 4. The van der Waals surface area contributed by atoms with E-state index in [1.54, 1.807) is 6.20 Å². The summed E-state index contributed by atoms with van der Waals surface area (Å²) in [4.78, 5) is 12.7. The van der Waals surface area contributed by atoms with Crippen molar-refractivity contribution >= 4 is 23.4 Å². The van der Waals surface area contributed by atoms with Crippen molar-refractivity contribution < 1.29 is 0 Å². The molecule has 18 heavy (non-hydrogen) atoms. The molecule has 1 aromatic heterocycles. The van der Waals surface area contributed by atoms with Crippen LogP contribution in [0.1, 0.15) is 6.42 Å². The molecule has 1 unspecified atom stereocenters. The third-order valence-electron chi connectivity index (χ3n) is 3.24. The summed E-state index contributed by atoms with van der Waals surface area (Å²) in [7, 11) is 4.14.